The predicted octanol–water partition coefficient (Wildman–Crippen LogP) is 7.61. The van der Waals surface area contributed by atoms with Crippen LogP contribution in [0.1, 0.15) is 102 Å². The third kappa shape index (κ3) is 5.77. The van der Waals surface area contributed by atoms with Crippen LogP contribution in [0.2, 0.25) is 5.02 Å². The fraction of sp³-hybridized carbons (Fsp3) is 0.586. The quantitative estimate of drug-likeness (QED) is 0.292. The number of ketones is 2. The Labute approximate surface area is 213 Å². The number of carbonyl (C=O) groups is 2. The van der Waals surface area contributed by atoms with Crippen LogP contribution in [0.25, 0.3) is 0 Å². The summed E-state index contributed by atoms with van der Waals surface area (Å²) in [5.74, 6) is 2.18. The average molecular weight is 501 g/mol. The SMILES string of the molecule is CCCCCCCCOc1c(Cl)cc(C2C3=C(CCCC3=O)OC3=C2C(=O)CCC3)cc1OCC. The van der Waals surface area contributed by atoms with Gasteiger partial charge in [-0.05, 0) is 43.9 Å². The number of allylic oxidation sites excluding steroid dienone is 4. The molecule has 0 saturated heterocycles. The van der Waals surface area contributed by atoms with Gasteiger partial charge in [0.25, 0.3) is 0 Å². The van der Waals surface area contributed by atoms with Gasteiger partial charge in [-0.2, -0.15) is 0 Å². The van der Waals surface area contributed by atoms with E-state index in [1.807, 2.05) is 19.1 Å². The monoisotopic (exact) mass is 500 g/mol. The molecule has 0 aromatic heterocycles. The summed E-state index contributed by atoms with van der Waals surface area (Å²) < 4.78 is 18.2. The molecule has 0 bridgehead atoms. The lowest BCUT2D eigenvalue weighted by Crippen LogP contribution is -2.30. The molecule has 6 heteroatoms. The summed E-state index contributed by atoms with van der Waals surface area (Å²) in [6.07, 6.45) is 11.0. The second kappa shape index (κ2) is 12.1. The maximum Gasteiger partial charge on any atom is 0.179 e. The van der Waals surface area contributed by atoms with E-state index in [4.69, 9.17) is 25.8 Å². The molecule has 3 aliphatic rings. The molecule has 1 aliphatic heterocycles. The molecule has 0 amide bonds. The zero-order chi connectivity index (χ0) is 24.8. The van der Waals surface area contributed by atoms with E-state index in [1.54, 1.807) is 0 Å². The number of Topliss-reactive ketones (excluding diaryl/α,β-unsaturated/α-hetero) is 2. The van der Waals surface area contributed by atoms with Gasteiger partial charge in [-0.15, -0.1) is 0 Å². The molecular weight excluding hydrogens is 464 g/mol. The number of hydrogen-bond donors (Lipinski definition) is 0. The van der Waals surface area contributed by atoms with Crippen LogP contribution in [0.3, 0.4) is 0 Å². The Morgan fingerprint density at radius 2 is 1.49 bits per heavy atom. The van der Waals surface area contributed by atoms with Gasteiger partial charge in [0.15, 0.2) is 23.1 Å². The first-order valence-electron chi connectivity index (χ1n) is 13.3. The third-order valence-electron chi connectivity index (χ3n) is 7.05. The lowest BCUT2D eigenvalue weighted by Gasteiger charge is -2.36. The normalized spacial score (nSPS) is 18.4. The van der Waals surface area contributed by atoms with Gasteiger partial charge in [0, 0.05) is 42.7 Å². The Morgan fingerprint density at radius 1 is 0.857 bits per heavy atom. The Balaban J connectivity index is 1.64. The summed E-state index contributed by atoms with van der Waals surface area (Å²) >= 11 is 6.76. The Bertz CT molecular complexity index is 980. The fourth-order valence-electron chi connectivity index (χ4n) is 5.37. The molecule has 2 aliphatic carbocycles. The molecule has 1 aromatic carbocycles. The standard InChI is InChI=1S/C29H37ClO5/c1-3-5-6-7-8-9-16-34-29-20(30)17-19(18-25(29)33-4-2)26-27-21(31)12-10-14-23(27)35-24-15-11-13-22(32)28(24)26/h17-18,26H,3-16H2,1-2H3. The van der Waals surface area contributed by atoms with Crippen molar-refractivity contribution in [1.29, 1.82) is 0 Å². The van der Waals surface area contributed by atoms with Crippen LogP contribution in [0, 0.1) is 0 Å². The minimum atomic E-state index is -0.460. The molecule has 0 unspecified atom stereocenters. The van der Waals surface area contributed by atoms with Crippen molar-refractivity contribution in [3.63, 3.8) is 0 Å². The highest BCUT2D eigenvalue weighted by Crippen LogP contribution is 2.50. The highest BCUT2D eigenvalue weighted by Gasteiger charge is 2.42. The van der Waals surface area contributed by atoms with Gasteiger partial charge in [0.1, 0.15) is 11.5 Å². The molecule has 1 aromatic rings. The fourth-order valence-corrected chi connectivity index (χ4v) is 5.64. The lowest BCUT2D eigenvalue weighted by atomic mass is 9.73. The molecule has 0 N–H and O–H groups in total. The zero-order valence-corrected chi connectivity index (χ0v) is 21.8. The van der Waals surface area contributed by atoms with Gasteiger partial charge in [0.05, 0.1) is 18.2 Å². The van der Waals surface area contributed by atoms with Crippen molar-refractivity contribution in [3.05, 3.63) is 45.4 Å². The highest BCUT2D eigenvalue weighted by atomic mass is 35.5. The first-order valence-corrected chi connectivity index (χ1v) is 13.7. The molecule has 0 fully saturated rings. The first kappa shape index (κ1) is 25.8. The summed E-state index contributed by atoms with van der Waals surface area (Å²) in [6, 6.07) is 3.75. The Kier molecular flexibility index (Phi) is 8.94. The molecule has 0 spiro atoms. The predicted molar refractivity (Wildman–Crippen MR) is 137 cm³/mol. The van der Waals surface area contributed by atoms with E-state index in [2.05, 4.69) is 6.92 Å². The number of ether oxygens (including phenoxy) is 3. The van der Waals surface area contributed by atoms with Gasteiger partial charge < -0.3 is 14.2 Å². The van der Waals surface area contributed by atoms with E-state index in [-0.39, 0.29) is 11.6 Å². The summed E-state index contributed by atoms with van der Waals surface area (Å²) in [5, 5.41) is 0.444. The molecule has 0 atom stereocenters. The van der Waals surface area contributed by atoms with Crippen LogP contribution in [0.15, 0.2) is 34.8 Å². The lowest BCUT2D eigenvalue weighted by molar-refractivity contribution is -0.117. The maximum absolute atomic E-state index is 13.1. The molecule has 4 rings (SSSR count). The van der Waals surface area contributed by atoms with E-state index in [0.29, 0.717) is 66.6 Å². The number of carbonyl (C=O) groups excluding carboxylic acids is 2. The van der Waals surface area contributed by atoms with Crippen molar-refractivity contribution in [2.75, 3.05) is 13.2 Å². The van der Waals surface area contributed by atoms with Crippen molar-refractivity contribution in [3.8, 4) is 11.5 Å². The van der Waals surface area contributed by atoms with Crippen molar-refractivity contribution >= 4 is 23.2 Å². The van der Waals surface area contributed by atoms with Gasteiger partial charge in [0.2, 0.25) is 0 Å². The number of rotatable bonds is 11. The van der Waals surface area contributed by atoms with Crippen molar-refractivity contribution in [2.24, 2.45) is 0 Å². The zero-order valence-electron chi connectivity index (χ0n) is 21.1. The molecular formula is C29H37ClO5. The second-order valence-corrected chi connectivity index (χ2v) is 10.0. The van der Waals surface area contributed by atoms with Gasteiger partial charge in [-0.1, -0.05) is 50.6 Å². The number of hydrogen-bond acceptors (Lipinski definition) is 5. The summed E-state index contributed by atoms with van der Waals surface area (Å²) in [5.41, 5.74) is 2.02. The molecule has 35 heavy (non-hydrogen) atoms. The highest BCUT2D eigenvalue weighted by molar-refractivity contribution is 6.32. The second-order valence-electron chi connectivity index (χ2n) is 9.64. The van der Waals surface area contributed by atoms with E-state index in [0.717, 1.165) is 42.8 Å². The smallest absolute Gasteiger partial charge is 0.179 e. The molecule has 1 heterocycles. The topological polar surface area (TPSA) is 61.8 Å². The summed E-state index contributed by atoms with van der Waals surface area (Å²) in [4.78, 5) is 26.1. The molecule has 0 radical (unpaired) electrons. The van der Waals surface area contributed by atoms with Crippen molar-refractivity contribution in [1.82, 2.24) is 0 Å². The van der Waals surface area contributed by atoms with Crippen LogP contribution in [0.4, 0.5) is 0 Å². The maximum atomic E-state index is 13.1. The first-order chi connectivity index (χ1) is 17.0. The number of benzene rings is 1. The van der Waals surface area contributed by atoms with Crippen LogP contribution in [-0.4, -0.2) is 24.8 Å². The Morgan fingerprint density at radius 3 is 2.11 bits per heavy atom. The van der Waals surface area contributed by atoms with Crippen molar-refractivity contribution < 1.29 is 23.8 Å². The Hall–Kier alpha value is -2.27. The molecule has 5 nitrogen and oxygen atoms in total. The van der Waals surface area contributed by atoms with E-state index in [9.17, 15) is 9.59 Å². The van der Waals surface area contributed by atoms with Gasteiger partial charge in [-0.25, -0.2) is 0 Å². The summed E-state index contributed by atoms with van der Waals surface area (Å²) in [6.45, 7) is 5.17. The van der Waals surface area contributed by atoms with Crippen LogP contribution < -0.4 is 9.47 Å². The third-order valence-corrected chi connectivity index (χ3v) is 7.33. The van der Waals surface area contributed by atoms with Gasteiger partial charge in [-0.3, -0.25) is 9.59 Å². The van der Waals surface area contributed by atoms with E-state index < -0.39 is 5.92 Å². The molecule has 0 saturated carbocycles. The van der Waals surface area contributed by atoms with E-state index in [1.165, 1.54) is 25.7 Å². The average Bonchev–Trinajstić information content (AvgIpc) is 2.84. The van der Waals surface area contributed by atoms with E-state index >= 15 is 0 Å². The number of unbranched alkanes of at least 4 members (excludes halogenated alkanes) is 5. The molecule has 190 valence electrons. The minimum absolute atomic E-state index is 0.0543. The largest absolute Gasteiger partial charge is 0.490 e. The van der Waals surface area contributed by atoms with Crippen molar-refractivity contribution in [2.45, 2.75) is 96.8 Å². The number of halogens is 1. The van der Waals surface area contributed by atoms with Crippen LogP contribution in [-0.2, 0) is 14.3 Å². The van der Waals surface area contributed by atoms with Gasteiger partial charge >= 0.3 is 0 Å². The summed E-state index contributed by atoms with van der Waals surface area (Å²) in [7, 11) is 0. The minimum Gasteiger partial charge on any atom is -0.490 e. The van der Waals surface area contributed by atoms with Crippen LogP contribution >= 0.6 is 11.6 Å². The van der Waals surface area contributed by atoms with Crippen LogP contribution in [0.5, 0.6) is 11.5 Å².